The van der Waals surface area contributed by atoms with E-state index in [0.29, 0.717) is 17.7 Å². The number of ether oxygens (including phenoxy) is 1. The molecule has 1 aromatic heterocycles. The van der Waals surface area contributed by atoms with Gasteiger partial charge in [-0.2, -0.15) is 4.98 Å². The van der Waals surface area contributed by atoms with Gasteiger partial charge in [-0.3, -0.25) is 4.79 Å². The molecule has 0 spiro atoms. The van der Waals surface area contributed by atoms with Crippen molar-refractivity contribution in [1.29, 1.82) is 0 Å². The van der Waals surface area contributed by atoms with Gasteiger partial charge in [-0.1, -0.05) is 0 Å². The van der Waals surface area contributed by atoms with E-state index in [0.717, 1.165) is 36.9 Å². The third kappa shape index (κ3) is 3.82. The van der Waals surface area contributed by atoms with Gasteiger partial charge in [-0.05, 0) is 34.7 Å². The van der Waals surface area contributed by atoms with Crippen molar-refractivity contribution < 1.29 is 9.53 Å². The molecule has 1 aromatic rings. The van der Waals surface area contributed by atoms with Gasteiger partial charge < -0.3 is 15.0 Å². The molecule has 0 aromatic carbocycles. The Morgan fingerprint density at radius 3 is 2.85 bits per heavy atom. The summed E-state index contributed by atoms with van der Waals surface area (Å²) in [7, 11) is 1.58. The Bertz CT molecular complexity index is 475. The highest BCUT2D eigenvalue weighted by Crippen LogP contribution is 2.22. The molecule has 1 fully saturated rings. The molecule has 0 aliphatic carbocycles. The average molecular weight is 343 g/mol. The maximum Gasteiger partial charge on any atom is 0.232 e. The molecule has 20 heavy (non-hydrogen) atoms. The van der Waals surface area contributed by atoms with Gasteiger partial charge in [-0.15, -0.1) is 0 Å². The minimum Gasteiger partial charge on any atom is -0.480 e. The van der Waals surface area contributed by atoms with Crippen LogP contribution in [0.5, 0.6) is 5.88 Å². The minimum absolute atomic E-state index is 0.164. The zero-order valence-corrected chi connectivity index (χ0v) is 13.3. The fourth-order valence-electron chi connectivity index (χ4n) is 2.27. The summed E-state index contributed by atoms with van der Waals surface area (Å²) in [5, 5.41) is 3.23. The van der Waals surface area contributed by atoms with E-state index in [4.69, 9.17) is 4.74 Å². The summed E-state index contributed by atoms with van der Waals surface area (Å²) in [6.07, 6.45) is 3.70. The van der Waals surface area contributed by atoms with Gasteiger partial charge >= 0.3 is 0 Å². The van der Waals surface area contributed by atoms with Gasteiger partial charge in [0.1, 0.15) is 0 Å². The van der Waals surface area contributed by atoms with Crippen LogP contribution in [0, 0.1) is 5.92 Å². The first kappa shape index (κ1) is 15.0. The molecule has 2 rings (SSSR count). The van der Waals surface area contributed by atoms with E-state index in [1.165, 1.54) is 0 Å². The van der Waals surface area contributed by atoms with Crippen LogP contribution in [-0.2, 0) is 4.79 Å². The van der Waals surface area contributed by atoms with Crippen molar-refractivity contribution in [3.63, 3.8) is 0 Å². The van der Waals surface area contributed by atoms with E-state index in [9.17, 15) is 4.79 Å². The topological polar surface area (TPSA) is 67.3 Å². The summed E-state index contributed by atoms with van der Waals surface area (Å²) < 4.78 is 5.87. The molecule has 2 heterocycles. The fraction of sp³-hybridized carbons (Fsp3) is 0.615. The first-order valence-corrected chi connectivity index (χ1v) is 7.45. The van der Waals surface area contributed by atoms with Gasteiger partial charge in [0, 0.05) is 26.6 Å². The molecule has 0 unspecified atom stereocenters. The maximum atomic E-state index is 11.3. The molecular weight excluding hydrogens is 324 g/mol. The van der Waals surface area contributed by atoms with Gasteiger partial charge in [0.25, 0.3) is 0 Å². The number of likely N-dealkylation sites (tertiary alicyclic amines) is 1. The SMILES string of the molecule is COc1nc(NCC2CCN(C(C)=O)CC2)ncc1Br. The molecule has 1 aliphatic heterocycles. The molecule has 0 radical (unpaired) electrons. The molecular formula is C13H19BrN4O2. The number of anilines is 1. The van der Waals surface area contributed by atoms with Crippen LogP contribution in [0.25, 0.3) is 0 Å². The number of nitrogens with zero attached hydrogens (tertiary/aromatic N) is 3. The summed E-state index contributed by atoms with van der Waals surface area (Å²) >= 11 is 3.32. The van der Waals surface area contributed by atoms with Crippen LogP contribution in [0.3, 0.4) is 0 Å². The number of hydrogen-bond acceptors (Lipinski definition) is 5. The second-order valence-electron chi connectivity index (χ2n) is 4.88. The van der Waals surface area contributed by atoms with Crippen molar-refractivity contribution in [1.82, 2.24) is 14.9 Å². The van der Waals surface area contributed by atoms with E-state index in [-0.39, 0.29) is 5.91 Å². The Kier molecular flexibility index (Phi) is 5.17. The zero-order valence-electron chi connectivity index (χ0n) is 11.7. The van der Waals surface area contributed by atoms with Crippen LogP contribution in [-0.4, -0.2) is 47.5 Å². The van der Waals surface area contributed by atoms with Crippen molar-refractivity contribution in [2.75, 3.05) is 32.1 Å². The third-order valence-corrected chi connectivity index (χ3v) is 4.06. The lowest BCUT2D eigenvalue weighted by Crippen LogP contribution is -2.38. The monoisotopic (exact) mass is 342 g/mol. The zero-order chi connectivity index (χ0) is 14.5. The summed E-state index contributed by atoms with van der Waals surface area (Å²) in [4.78, 5) is 21.6. The molecule has 0 bridgehead atoms. The Morgan fingerprint density at radius 1 is 1.55 bits per heavy atom. The van der Waals surface area contributed by atoms with Gasteiger partial charge in [0.15, 0.2) is 0 Å². The number of aromatic nitrogens is 2. The number of carbonyl (C=O) groups is 1. The Hall–Kier alpha value is -1.37. The minimum atomic E-state index is 0.164. The van der Waals surface area contributed by atoms with Gasteiger partial charge in [0.2, 0.25) is 17.7 Å². The third-order valence-electron chi connectivity index (χ3n) is 3.51. The van der Waals surface area contributed by atoms with E-state index in [2.05, 4.69) is 31.2 Å². The van der Waals surface area contributed by atoms with Crippen LogP contribution in [0.1, 0.15) is 19.8 Å². The number of piperidine rings is 1. The van der Waals surface area contributed by atoms with Crippen LogP contribution in [0.15, 0.2) is 10.7 Å². The van der Waals surface area contributed by atoms with Crippen LogP contribution in [0.2, 0.25) is 0 Å². The number of halogens is 1. The first-order valence-electron chi connectivity index (χ1n) is 6.66. The van der Waals surface area contributed by atoms with E-state index in [1.807, 2.05) is 4.90 Å². The van der Waals surface area contributed by atoms with E-state index >= 15 is 0 Å². The average Bonchev–Trinajstić information content (AvgIpc) is 2.46. The highest BCUT2D eigenvalue weighted by Gasteiger charge is 2.20. The molecule has 1 N–H and O–H groups in total. The fourth-order valence-corrected chi connectivity index (χ4v) is 2.62. The molecule has 1 aliphatic rings. The van der Waals surface area contributed by atoms with Crippen LogP contribution >= 0.6 is 15.9 Å². The lowest BCUT2D eigenvalue weighted by molar-refractivity contribution is -0.130. The van der Waals surface area contributed by atoms with Crippen LogP contribution in [0.4, 0.5) is 5.95 Å². The molecule has 110 valence electrons. The van der Waals surface area contributed by atoms with Crippen LogP contribution < -0.4 is 10.1 Å². The van der Waals surface area contributed by atoms with E-state index < -0.39 is 0 Å². The molecule has 1 amide bonds. The van der Waals surface area contributed by atoms with Crippen molar-refractivity contribution >= 4 is 27.8 Å². The largest absolute Gasteiger partial charge is 0.480 e. The van der Waals surface area contributed by atoms with Gasteiger partial charge in [-0.25, -0.2) is 4.98 Å². The predicted octanol–water partition coefficient (Wildman–Crippen LogP) is 1.92. The second-order valence-corrected chi connectivity index (χ2v) is 5.74. The lowest BCUT2D eigenvalue weighted by atomic mass is 9.97. The number of rotatable bonds is 4. The normalized spacial score (nSPS) is 16.1. The Morgan fingerprint density at radius 2 is 2.25 bits per heavy atom. The number of hydrogen-bond donors (Lipinski definition) is 1. The number of amides is 1. The predicted molar refractivity (Wildman–Crippen MR) is 79.8 cm³/mol. The summed E-state index contributed by atoms with van der Waals surface area (Å²) in [6.45, 7) is 4.12. The van der Waals surface area contributed by atoms with Crippen molar-refractivity contribution in [3.05, 3.63) is 10.7 Å². The molecule has 0 saturated carbocycles. The highest BCUT2D eigenvalue weighted by atomic mass is 79.9. The standard InChI is InChI=1S/C13H19BrN4O2/c1-9(19)18-5-3-10(4-6-18)7-15-13-16-8-11(14)12(17-13)20-2/h8,10H,3-7H2,1-2H3,(H,15,16,17). The number of carbonyl (C=O) groups excluding carboxylic acids is 1. The van der Waals surface area contributed by atoms with Gasteiger partial charge in [0.05, 0.1) is 17.8 Å². The second kappa shape index (κ2) is 6.88. The van der Waals surface area contributed by atoms with Crippen molar-refractivity contribution in [2.24, 2.45) is 5.92 Å². The summed E-state index contributed by atoms with van der Waals surface area (Å²) in [5.41, 5.74) is 0. The highest BCUT2D eigenvalue weighted by molar-refractivity contribution is 9.10. The molecule has 0 atom stereocenters. The quantitative estimate of drug-likeness (QED) is 0.905. The first-order chi connectivity index (χ1) is 9.60. The maximum absolute atomic E-state index is 11.3. The Balaban J connectivity index is 1.83. The smallest absolute Gasteiger partial charge is 0.232 e. The molecule has 6 nitrogen and oxygen atoms in total. The van der Waals surface area contributed by atoms with Crippen molar-refractivity contribution in [3.8, 4) is 5.88 Å². The summed E-state index contributed by atoms with van der Waals surface area (Å²) in [5.74, 6) is 1.80. The summed E-state index contributed by atoms with van der Waals surface area (Å²) in [6, 6.07) is 0. The number of nitrogens with one attached hydrogen (secondary N) is 1. The number of methoxy groups -OCH3 is 1. The Labute approximate surface area is 127 Å². The molecule has 7 heteroatoms. The van der Waals surface area contributed by atoms with E-state index in [1.54, 1.807) is 20.2 Å². The van der Waals surface area contributed by atoms with Crippen molar-refractivity contribution in [2.45, 2.75) is 19.8 Å². The lowest BCUT2D eigenvalue weighted by Gasteiger charge is -2.31. The molecule has 1 saturated heterocycles.